The second-order valence-corrected chi connectivity index (χ2v) is 5.50. The fourth-order valence-corrected chi connectivity index (χ4v) is 2.11. The first-order valence-corrected chi connectivity index (χ1v) is 7.04. The molecule has 0 saturated carbocycles. The molecule has 116 valence electrons. The van der Waals surface area contributed by atoms with Crippen molar-refractivity contribution in [2.45, 2.75) is 26.7 Å². The lowest BCUT2D eigenvalue weighted by Gasteiger charge is -2.15. The van der Waals surface area contributed by atoms with Crippen LogP contribution in [0.4, 0.5) is 0 Å². The van der Waals surface area contributed by atoms with Crippen LogP contribution in [0.2, 0.25) is 0 Å². The Morgan fingerprint density at radius 1 is 1.33 bits per heavy atom. The van der Waals surface area contributed by atoms with E-state index in [1.54, 1.807) is 13.2 Å². The number of carboxylic acid groups (broad SMARTS) is 1. The number of aliphatic carboxylic acids is 1. The lowest BCUT2D eigenvalue weighted by Crippen LogP contribution is -2.34. The largest absolute Gasteiger partial charge is 0.497 e. The van der Waals surface area contributed by atoms with Crippen LogP contribution < -0.4 is 10.1 Å². The number of rotatable bonds is 8. The summed E-state index contributed by atoms with van der Waals surface area (Å²) in [5, 5.41) is 11.8. The number of carbonyl (C=O) groups excluding carboxylic acids is 1. The topological polar surface area (TPSA) is 75.6 Å². The molecule has 1 aromatic rings. The number of methoxy groups -OCH3 is 1. The number of amides is 1. The average molecular weight is 293 g/mol. The molecular weight excluding hydrogens is 270 g/mol. The minimum absolute atomic E-state index is 0.163. The van der Waals surface area contributed by atoms with E-state index in [0.717, 1.165) is 5.56 Å². The number of carboxylic acids is 1. The summed E-state index contributed by atoms with van der Waals surface area (Å²) < 4.78 is 5.10. The fourth-order valence-electron chi connectivity index (χ4n) is 2.11. The minimum Gasteiger partial charge on any atom is -0.497 e. The zero-order valence-electron chi connectivity index (χ0n) is 12.8. The Bertz CT molecular complexity index is 485. The molecule has 0 spiro atoms. The highest BCUT2D eigenvalue weighted by Gasteiger charge is 2.19. The molecule has 1 amide bonds. The third-order valence-corrected chi connectivity index (χ3v) is 3.15. The molecule has 0 radical (unpaired) electrons. The van der Waals surface area contributed by atoms with Crippen LogP contribution in [0.15, 0.2) is 24.3 Å². The van der Waals surface area contributed by atoms with E-state index in [1.807, 2.05) is 32.0 Å². The summed E-state index contributed by atoms with van der Waals surface area (Å²) in [6, 6.07) is 7.26. The van der Waals surface area contributed by atoms with Crippen LogP contribution in [0.5, 0.6) is 5.75 Å². The van der Waals surface area contributed by atoms with Gasteiger partial charge in [0.25, 0.3) is 0 Å². The molecule has 1 atom stereocenters. The predicted molar refractivity (Wildman–Crippen MR) is 80.3 cm³/mol. The summed E-state index contributed by atoms with van der Waals surface area (Å²) in [6.45, 7) is 4.10. The van der Waals surface area contributed by atoms with Crippen molar-refractivity contribution in [3.05, 3.63) is 29.8 Å². The van der Waals surface area contributed by atoms with E-state index in [-0.39, 0.29) is 24.8 Å². The Morgan fingerprint density at radius 3 is 2.62 bits per heavy atom. The van der Waals surface area contributed by atoms with Gasteiger partial charge in [0.15, 0.2) is 0 Å². The maximum Gasteiger partial charge on any atom is 0.308 e. The van der Waals surface area contributed by atoms with Crippen molar-refractivity contribution in [3.63, 3.8) is 0 Å². The lowest BCUT2D eigenvalue weighted by atomic mass is 9.97. The summed E-state index contributed by atoms with van der Waals surface area (Å²) in [5.74, 6) is -0.618. The molecule has 1 unspecified atom stereocenters. The number of hydrogen-bond donors (Lipinski definition) is 2. The van der Waals surface area contributed by atoms with Crippen LogP contribution in [0.3, 0.4) is 0 Å². The third-order valence-electron chi connectivity index (χ3n) is 3.15. The molecule has 0 aromatic heterocycles. The molecule has 0 aliphatic carbocycles. The van der Waals surface area contributed by atoms with Crippen LogP contribution in [0, 0.1) is 11.8 Å². The smallest absolute Gasteiger partial charge is 0.308 e. The molecule has 0 fully saturated rings. The lowest BCUT2D eigenvalue weighted by molar-refractivity contribution is -0.142. The van der Waals surface area contributed by atoms with Crippen molar-refractivity contribution >= 4 is 11.9 Å². The highest BCUT2D eigenvalue weighted by molar-refractivity contribution is 5.79. The van der Waals surface area contributed by atoms with Gasteiger partial charge in [-0.05, 0) is 30.0 Å². The van der Waals surface area contributed by atoms with E-state index in [1.165, 1.54) is 0 Å². The molecular formula is C16H23NO4. The van der Waals surface area contributed by atoms with Crippen LogP contribution in [0.25, 0.3) is 0 Å². The summed E-state index contributed by atoms with van der Waals surface area (Å²) in [6.07, 6.45) is 0.764. The Morgan fingerprint density at radius 2 is 2.05 bits per heavy atom. The zero-order valence-corrected chi connectivity index (χ0v) is 12.8. The predicted octanol–water partition coefficient (Wildman–Crippen LogP) is 2.10. The molecule has 21 heavy (non-hydrogen) atoms. The van der Waals surface area contributed by atoms with E-state index in [2.05, 4.69) is 5.32 Å². The molecule has 0 saturated heterocycles. The van der Waals surface area contributed by atoms with Crippen molar-refractivity contribution in [2.75, 3.05) is 13.7 Å². The van der Waals surface area contributed by atoms with Crippen LogP contribution in [-0.2, 0) is 16.0 Å². The van der Waals surface area contributed by atoms with Gasteiger partial charge in [-0.2, -0.15) is 0 Å². The molecule has 1 aromatic carbocycles. The van der Waals surface area contributed by atoms with Gasteiger partial charge in [-0.3, -0.25) is 9.59 Å². The average Bonchev–Trinajstić information content (AvgIpc) is 2.43. The van der Waals surface area contributed by atoms with E-state index < -0.39 is 11.9 Å². The van der Waals surface area contributed by atoms with Gasteiger partial charge in [-0.15, -0.1) is 0 Å². The third kappa shape index (κ3) is 6.29. The van der Waals surface area contributed by atoms with Crippen molar-refractivity contribution in [1.29, 1.82) is 0 Å². The second kappa shape index (κ2) is 8.29. The van der Waals surface area contributed by atoms with Gasteiger partial charge in [0, 0.05) is 6.54 Å². The highest BCUT2D eigenvalue weighted by Crippen LogP contribution is 2.13. The maximum atomic E-state index is 11.9. The Balaban J connectivity index is 2.50. The normalized spacial score (nSPS) is 12.0. The molecule has 0 bridgehead atoms. The first-order chi connectivity index (χ1) is 9.92. The Hall–Kier alpha value is -2.04. The van der Waals surface area contributed by atoms with Crippen molar-refractivity contribution < 1.29 is 19.4 Å². The molecule has 0 heterocycles. The fraction of sp³-hybridized carbons (Fsp3) is 0.500. The van der Waals surface area contributed by atoms with E-state index in [9.17, 15) is 9.59 Å². The first-order valence-electron chi connectivity index (χ1n) is 7.04. The van der Waals surface area contributed by atoms with Crippen LogP contribution in [0.1, 0.15) is 25.8 Å². The molecule has 0 aliphatic heterocycles. The summed E-state index contributed by atoms with van der Waals surface area (Å²) in [4.78, 5) is 23.0. The number of benzene rings is 1. The molecule has 1 rings (SSSR count). The van der Waals surface area contributed by atoms with Crippen LogP contribution >= 0.6 is 0 Å². The van der Waals surface area contributed by atoms with Crippen LogP contribution in [-0.4, -0.2) is 30.6 Å². The van der Waals surface area contributed by atoms with E-state index >= 15 is 0 Å². The monoisotopic (exact) mass is 293 g/mol. The van der Waals surface area contributed by atoms with Crippen molar-refractivity contribution in [2.24, 2.45) is 11.8 Å². The first kappa shape index (κ1) is 17.0. The molecule has 2 N–H and O–H groups in total. The maximum absolute atomic E-state index is 11.9. The Kier molecular flexibility index (Phi) is 6.72. The summed E-state index contributed by atoms with van der Waals surface area (Å²) in [5.41, 5.74) is 0.836. The quantitative estimate of drug-likeness (QED) is 0.769. The zero-order chi connectivity index (χ0) is 15.8. The summed E-state index contributed by atoms with van der Waals surface area (Å²) in [7, 11) is 1.57. The number of nitrogens with one attached hydrogen (secondary N) is 1. The second-order valence-electron chi connectivity index (χ2n) is 5.50. The van der Waals surface area contributed by atoms with Crippen molar-refractivity contribution in [1.82, 2.24) is 5.32 Å². The standard InChI is InChI=1S/C16H23NO4/c1-11(2)7-13(16(19)20)10-17-15(18)9-12-5-4-6-14(8-12)21-3/h4-6,8,11,13H,7,9-10H2,1-3H3,(H,17,18)(H,19,20). The van der Waals surface area contributed by atoms with E-state index in [0.29, 0.717) is 12.2 Å². The number of carbonyl (C=O) groups is 2. The van der Waals surface area contributed by atoms with E-state index in [4.69, 9.17) is 9.84 Å². The SMILES string of the molecule is COc1cccc(CC(=O)NCC(CC(C)C)C(=O)O)c1. The number of hydrogen-bond acceptors (Lipinski definition) is 3. The summed E-state index contributed by atoms with van der Waals surface area (Å²) >= 11 is 0. The van der Waals surface area contributed by atoms with Crippen molar-refractivity contribution in [3.8, 4) is 5.75 Å². The highest BCUT2D eigenvalue weighted by atomic mass is 16.5. The minimum atomic E-state index is -0.870. The Labute approximate surface area is 125 Å². The molecule has 5 nitrogen and oxygen atoms in total. The van der Waals surface area contributed by atoms with Gasteiger partial charge in [0.05, 0.1) is 19.4 Å². The van der Waals surface area contributed by atoms with Gasteiger partial charge in [0.1, 0.15) is 5.75 Å². The van der Waals surface area contributed by atoms with Gasteiger partial charge in [-0.1, -0.05) is 26.0 Å². The number of ether oxygens (including phenoxy) is 1. The molecule has 5 heteroatoms. The van der Waals surface area contributed by atoms with Gasteiger partial charge >= 0.3 is 5.97 Å². The van der Waals surface area contributed by atoms with Gasteiger partial charge < -0.3 is 15.2 Å². The van der Waals surface area contributed by atoms with Gasteiger partial charge in [-0.25, -0.2) is 0 Å². The molecule has 0 aliphatic rings. The van der Waals surface area contributed by atoms with Gasteiger partial charge in [0.2, 0.25) is 5.91 Å².